The van der Waals surface area contributed by atoms with Crippen LogP contribution in [0.5, 0.6) is 0 Å². The molecule has 120 valence electrons. The van der Waals surface area contributed by atoms with Gasteiger partial charge >= 0.3 is 0 Å². The first-order valence-corrected chi connectivity index (χ1v) is 8.06. The van der Waals surface area contributed by atoms with E-state index in [4.69, 9.17) is 11.6 Å². The van der Waals surface area contributed by atoms with Crippen LogP contribution in [0.3, 0.4) is 0 Å². The van der Waals surface area contributed by atoms with Gasteiger partial charge in [-0.15, -0.1) is 0 Å². The van der Waals surface area contributed by atoms with Crippen LogP contribution in [0.4, 0.5) is 11.4 Å². The largest absolute Gasteiger partial charge is 0.370 e. The standard InChI is InChI=1S/C17H18ClN3O2/c18-13-10-12(11-19-17(13)23)16(22)20-14-6-2-3-7-15(14)21-8-4-1-5-9-21/h2-3,6-7,10-11H,1,4-5,8-9H2,(H,19,23)(H,20,22). The smallest absolute Gasteiger partial charge is 0.266 e. The molecule has 1 amide bonds. The molecular formula is C17H18ClN3O2. The Kier molecular flexibility index (Phi) is 4.67. The number of aromatic nitrogens is 1. The molecule has 0 bridgehead atoms. The van der Waals surface area contributed by atoms with Crippen LogP contribution in [0.1, 0.15) is 29.6 Å². The highest BCUT2D eigenvalue weighted by molar-refractivity contribution is 6.30. The van der Waals surface area contributed by atoms with Gasteiger partial charge in [0.05, 0.1) is 16.9 Å². The van der Waals surface area contributed by atoms with Crippen LogP contribution in [0.25, 0.3) is 0 Å². The van der Waals surface area contributed by atoms with Gasteiger partial charge in [0, 0.05) is 19.3 Å². The molecule has 3 rings (SSSR count). The number of benzene rings is 1. The first-order valence-electron chi connectivity index (χ1n) is 7.69. The fourth-order valence-corrected chi connectivity index (χ4v) is 2.94. The van der Waals surface area contributed by atoms with E-state index < -0.39 is 5.56 Å². The zero-order valence-electron chi connectivity index (χ0n) is 12.6. The van der Waals surface area contributed by atoms with Crippen molar-refractivity contribution in [3.8, 4) is 0 Å². The number of nitrogens with zero attached hydrogens (tertiary/aromatic N) is 1. The van der Waals surface area contributed by atoms with E-state index in [-0.39, 0.29) is 10.9 Å². The molecule has 2 aromatic rings. The third-order valence-electron chi connectivity index (χ3n) is 3.97. The Hall–Kier alpha value is -2.27. The molecule has 1 aromatic carbocycles. The number of amides is 1. The average molecular weight is 332 g/mol. The second-order valence-electron chi connectivity index (χ2n) is 5.58. The topological polar surface area (TPSA) is 65.2 Å². The predicted molar refractivity (Wildman–Crippen MR) is 92.5 cm³/mol. The van der Waals surface area contributed by atoms with Crippen LogP contribution in [0.2, 0.25) is 5.02 Å². The van der Waals surface area contributed by atoms with Crippen molar-refractivity contribution in [3.05, 3.63) is 57.5 Å². The number of aromatic amines is 1. The van der Waals surface area contributed by atoms with Crippen molar-refractivity contribution in [3.63, 3.8) is 0 Å². The Bertz CT molecular complexity index is 766. The lowest BCUT2D eigenvalue weighted by atomic mass is 10.1. The number of hydrogen-bond acceptors (Lipinski definition) is 3. The molecule has 1 saturated heterocycles. The van der Waals surface area contributed by atoms with Crippen molar-refractivity contribution >= 4 is 28.9 Å². The maximum atomic E-state index is 12.4. The molecule has 5 nitrogen and oxygen atoms in total. The van der Waals surface area contributed by atoms with E-state index in [1.54, 1.807) is 0 Å². The third-order valence-corrected chi connectivity index (χ3v) is 4.25. The average Bonchev–Trinajstić information content (AvgIpc) is 2.58. The normalized spacial score (nSPS) is 14.6. The number of H-pyrrole nitrogens is 1. The summed E-state index contributed by atoms with van der Waals surface area (Å²) in [6.45, 7) is 1.99. The molecule has 1 aliphatic heterocycles. The lowest BCUT2D eigenvalue weighted by Gasteiger charge is -2.30. The number of para-hydroxylation sites is 2. The third kappa shape index (κ3) is 3.56. The van der Waals surface area contributed by atoms with Crippen molar-refractivity contribution in [2.24, 2.45) is 0 Å². The van der Waals surface area contributed by atoms with Crippen LogP contribution in [0, 0.1) is 0 Å². The van der Waals surface area contributed by atoms with Crippen molar-refractivity contribution < 1.29 is 4.79 Å². The van der Waals surface area contributed by atoms with Crippen LogP contribution < -0.4 is 15.8 Å². The molecule has 0 radical (unpaired) electrons. The summed E-state index contributed by atoms with van der Waals surface area (Å²) in [4.78, 5) is 28.4. The Balaban J connectivity index is 1.83. The number of carbonyl (C=O) groups excluding carboxylic acids is 1. The molecule has 6 heteroatoms. The number of nitrogens with one attached hydrogen (secondary N) is 2. The molecule has 0 unspecified atom stereocenters. The summed E-state index contributed by atoms with van der Waals surface area (Å²) in [6.07, 6.45) is 4.95. The van der Waals surface area contributed by atoms with Gasteiger partial charge in [-0.25, -0.2) is 0 Å². The molecule has 2 heterocycles. The van der Waals surface area contributed by atoms with Crippen LogP contribution in [-0.4, -0.2) is 24.0 Å². The molecular weight excluding hydrogens is 314 g/mol. The van der Waals surface area contributed by atoms with E-state index in [9.17, 15) is 9.59 Å². The fourth-order valence-electron chi connectivity index (χ4n) is 2.77. The maximum Gasteiger partial charge on any atom is 0.266 e. The van der Waals surface area contributed by atoms with Gasteiger partial charge in [0.25, 0.3) is 11.5 Å². The molecule has 2 N–H and O–H groups in total. The molecule has 0 atom stereocenters. The molecule has 0 aliphatic carbocycles. The minimum atomic E-state index is -0.406. The minimum absolute atomic E-state index is 0.00182. The zero-order valence-corrected chi connectivity index (χ0v) is 13.4. The quantitative estimate of drug-likeness (QED) is 0.907. The van der Waals surface area contributed by atoms with Crippen molar-refractivity contribution in [2.75, 3.05) is 23.3 Å². The van der Waals surface area contributed by atoms with E-state index in [1.807, 2.05) is 24.3 Å². The van der Waals surface area contributed by atoms with Crippen molar-refractivity contribution in [1.82, 2.24) is 4.98 Å². The van der Waals surface area contributed by atoms with Crippen molar-refractivity contribution in [2.45, 2.75) is 19.3 Å². The van der Waals surface area contributed by atoms with Crippen LogP contribution >= 0.6 is 11.6 Å². The minimum Gasteiger partial charge on any atom is -0.370 e. The highest BCUT2D eigenvalue weighted by atomic mass is 35.5. The number of hydrogen-bond donors (Lipinski definition) is 2. The van der Waals surface area contributed by atoms with Crippen LogP contribution in [-0.2, 0) is 0 Å². The SMILES string of the molecule is O=C(Nc1ccccc1N1CCCCC1)c1c[nH]c(=O)c(Cl)c1. The molecule has 1 aliphatic rings. The number of anilines is 2. The van der Waals surface area contributed by atoms with Gasteiger partial charge in [-0.2, -0.15) is 0 Å². The van der Waals surface area contributed by atoms with Crippen molar-refractivity contribution in [1.29, 1.82) is 0 Å². The van der Waals surface area contributed by atoms with Crippen LogP contribution in [0.15, 0.2) is 41.3 Å². The van der Waals surface area contributed by atoms with Gasteiger partial charge in [-0.1, -0.05) is 23.7 Å². The summed E-state index contributed by atoms with van der Waals surface area (Å²) >= 11 is 5.78. The second kappa shape index (κ2) is 6.87. The summed E-state index contributed by atoms with van der Waals surface area (Å²) in [5, 5.41) is 2.91. The Morgan fingerprint density at radius 3 is 2.65 bits per heavy atom. The van der Waals surface area contributed by atoms with E-state index >= 15 is 0 Å². The molecule has 0 spiro atoms. The van der Waals surface area contributed by atoms with E-state index in [0.717, 1.165) is 37.3 Å². The Morgan fingerprint density at radius 2 is 1.91 bits per heavy atom. The lowest BCUT2D eigenvalue weighted by Crippen LogP contribution is -2.30. The van der Waals surface area contributed by atoms with E-state index in [2.05, 4.69) is 15.2 Å². The highest BCUT2D eigenvalue weighted by Gasteiger charge is 2.16. The molecule has 23 heavy (non-hydrogen) atoms. The van der Waals surface area contributed by atoms with Gasteiger partial charge in [0.2, 0.25) is 0 Å². The van der Waals surface area contributed by atoms with E-state index in [1.165, 1.54) is 18.7 Å². The number of halogens is 1. The zero-order chi connectivity index (χ0) is 16.2. The maximum absolute atomic E-state index is 12.4. The van der Waals surface area contributed by atoms with Gasteiger partial charge in [0.15, 0.2) is 0 Å². The van der Waals surface area contributed by atoms with E-state index in [0.29, 0.717) is 5.56 Å². The summed E-state index contributed by atoms with van der Waals surface area (Å²) in [7, 11) is 0. The molecule has 1 fully saturated rings. The number of pyridine rings is 1. The highest BCUT2D eigenvalue weighted by Crippen LogP contribution is 2.28. The lowest BCUT2D eigenvalue weighted by molar-refractivity contribution is 0.102. The van der Waals surface area contributed by atoms with Gasteiger partial charge in [0.1, 0.15) is 5.02 Å². The fraction of sp³-hybridized carbons (Fsp3) is 0.294. The van der Waals surface area contributed by atoms with Gasteiger partial charge in [-0.3, -0.25) is 9.59 Å². The number of rotatable bonds is 3. The predicted octanol–water partition coefficient (Wildman–Crippen LogP) is 3.27. The first-order chi connectivity index (χ1) is 11.1. The Labute approximate surface area is 139 Å². The summed E-state index contributed by atoms with van der Waals surface area (Å²) in [6, 6.07) is 9.13. The van der Waals surface area contributed by atoms with Gasteiger partial charge in [-0.05, 0) is 37.5 Å². The summed E-state index contributed by atoms with van der Waals surface area (Å²) in [5.74, 6) is -0.299. The Morgan fingerprint density at radius 1 is 1.17 bits per heavy atom. The summed E-state index contributed by atoms with van der Waals surface area (Å²) in [5.41, 5.74) is 1.71. The number of carbonyl (C=O) groups is 1. The monoisotopic (exact) mass is 331 g/mol. The first kappa shape index (κ1) is 15.6. The molecule has 1 aromatic heterocycles. The number of piperidine rings is 1. The van der Waals surface area contributed by atoms with Gasteiger partial charge < -0.3 is 15.2 Å². The molecule has 0 saturated carbocycles. The second-order valence-corrected chi connectivity index (χ2v) is 5.99. The summed E-state index contributed by atoms with van der Waals surface area (Å²) < 4.78 is 0.